The minimum atomic E-state index is -0.304. The summed E-state index contributed by atoms with van der Waals surface area (Å²) in [6.07, 6.45) is 0. The van der Waals surface area contributed by atoms with Crippen LogP contribution >= 0.6 is 11.8 Å². The molecule has 2 rings (SSSR count). The summed E-state index contributed by atoms with van der Waals surface area (Å²) in [6.45, 7) is 8.80. The van der Waals surface area contributed by atoms with Gasteiger partial charge in [0.05, 0.1) is 5.75 Å². The van der Waals surface area contributed by atoms with Crippen molar-refractivity contribution in [2.75, 3.05) is 18.1 Å². The maximum absolute atomic E-state index is 13.3. The van der Waals surface area contributed by atoms with Crippen molar-refractivity contribution in [3.63, 3.8) is 0 Å². The van der Waals surface area contributed by atoms with Gasteiger partial charge in [0.15, 0.2) is 5.82 Å². The van der Waals surface area contributed by atoms with E-state index in [1.807, 2.05) is 27.7 Å². The number of hydrogen-bond acceptors (Lipinski definition) is 5. The minimum absolute atomic E-state index is 0.0583. The summed E-state index contributed by atoms with van der Waals surface area (Å²) in [5.74, 6) is 6.52. The van der Waals surface area contributed by atoms with Gasteiger partial charge in [-0.05, 0) is 24.6 Å². The highest BCUT2D eigenvalue weighted by Gasteiger charge is 2.23. The molecule has 0 fully saturated rings. The van der Waals surface area contributed by atoms with E-state index in [1.165, 1.54) is 28.6 Å². The molecular formula is C17H24FN5OS. The third kappa shape index (κ3) is 4.94. The maximum atomic E-state index is 13.3. The largest absolute Gasteiger partial charge is 0.338 e. The van der Waals surface area contributed by atoms with Crippen molar-refractivity contribution in [3.8, 4) is 0 Å². The van der Waals surface area contributed by atoms with Gasteiger partial charge in [0.1, 0.15) is 5.82 Å². The van der Waals surface area contributed by atoms with Gasteiger partial charge in [0, 0.05) is 18.5 Å². The number of halogens is 1. The number of thioether (sulfide) groups is 1. The number of nitrogens with two attached hydrogens (primary N) is 1. The van der Waals surface area contributed by atoms with E-state index in [1.54, 1.807) is 17.0 Å². The lowest BCUT2D eigenvalue weighted by atomic mass is 9.96. The molecule has 1 amide bonds. The summed E-state index contributed by atoms with van der Waals surface area (Å²) < 4.78 is 14.7. The molecule has 25 heavy (non-hydrogen) atoms. The van der Waals surface area contributed by atoms with Gasteiger partial charge in [-0.25, -0.2) is 9.07 Å². The number of nitrogens with zero attached hydrogens (tertiary/aromatic N) is 4. The molecule has 2 aromatic rings. The monoisotopic (exact) mass is 365 g/mol. The van der Waals surface area contributed by atoms with Crippen LogP contribution in [0.15, 0.2) is 29.4 Å². The Balaban J connectivity index is 2.00. The third-order valence-electron chi connectivity index (χ3n) is 3.66. The first-order valence-corrected chi connectivity index (χ1v) is 9.07. The topological polar surface area (TPSA) is 77.0 Å². The zero-order valence-corrected chi connectivity index (χ0v) is 15.8. The van der Waals surface area contributed by atoms with Crippen LogP contribution in [0.4, 0.5) is 4.39 Å². The van der Waals surface area contributed by atoms with Crippen LogP contribution in [0.3, 0.4) is 0 Å². The predicted octanol–water partition coefficient (Wildman–Crippen LogP) is 2.57. The fraction of sp³-hybridized carbons (Fsp3) is 0.471. The molecule has 6 nitrogen and oxygen atoms in total. The maximum Gasteiger partial charge on any atom is 0.233 e. The molecule has 0 saturated heterocycles. The molecule has 0 aliphatic rings. The first-order chi connectivity index (χ1) is 11.7. The van der Waals surface area contributed by atoms with Gasteiger partial charge in [-0.3, -0.25) is 4.79 Å². The zero-order chi connectivity index (χ0) is 18.6. The molecule has 1 aromatic carbocycles. The average molecular weight is 365 g/mol. The Morgan fingerprint density at radius 2 is 2.08 bits per heavy atom. The normalized spacial score (nSPS) is 11.6. The lowest BCUT2D eigenvalue weighted by molar-refractivity contribution is -0.128. The van der Waals surface area contributed by atoms with Crippen LogP contribution in [0.25, 0.3) is 0 Å². The van der Waals surface area contributed by atoms with Crippen molar-refractivity contribution in [1.29, 1.82) is 0 Å². The number of benzene rings is 1. The Kier molecular flexibility index (Phi) is 6.05. The first-order valence-electron chi connectivity index (χ1n) is 8.08. The average Bonchev–Trinajstić information content (AvgIpc) is 2.91. The van der Waals surface area contributed by atoms with Crippen molar-refractivity contribution < 1.29 is 9.18 Å². The van der Waals surface area contributed by atoms with E-state index < -0.39 is 0 Å². The van der Waals surface area contributed by atoms with Gasteiger partial charge in [0.25, 0.3) is 0 Å². The molecular weight excluding hydrogens is 341 g/mol. The highest BCUT2D eigenvalue weighted by molar-refractivity contribution is 7.99. The number of nitrogen functional groups attached to an aromatic ring is 1. The number of carbonyl (C=O) groups excluding carboxylic acids is 1. The second kappa shape index (κ2) is 7.86. The van der Waals surface area contributed by atoms with Gasteiger partial charge in [-0.15, -0.1) is 10.2 Å². The molecule has 0 atom stereocenters. The summed E-state index contributed by atoms with van der Waals surface area (Å²) in [6, 6.07) is 6.27. The summed E-state index contributed by atoms with van der Waals surface area (Å²) in [5.41, 5.74) is 0.537. The Morgan fingerprint density at radius 1 is 1.36 bits per heavy atom. The highest BCUT2D eigenvalue weighted by Crippen LogP contribution is 2.23. The minimum Gasteiger partial charge on any atom is -0.338 e. The fourth-order valence-corrected chi connectivity index (χ4v) is 3.10. The van der Waals surface area contributed by atoms with E-state index in [2.05, 4.69) is 10.2 Å². The van der Waals surface area contributed by atoms with Crippen LogP contribution in [-0.4, -0.2) is 38.0 Å². The summed E-state index contributed by atoms with van der Waals surface area (Å²) in [7, 11) is 0. The van der Waals surface area contributed by atoms with Crippen LogP contribution in [0.2, 0.25) is 0 Å². The zero-order valence-electron chi connectivity index (χ0n) is 15.0. The standard InChI is InChI=1S/C17H24FN5OS/c1-5-22(10-12-7-6-8-13(18)9-12)14(24)11-25-16-21-20-15(23(16)19)17(2,3)4/h6-9H,5,10-11,19H2,1-4H3. The molecule has 1 aromatic heterocycles. The van der Waals surface area contributed by atoms with Gasteiger partial charge in [-0.2, -0.15) is 0 Å². The second-order valence-corrected chi connectivity index (χ2v) is 7.70. The van der Waals surface area contributed by atoms with E-state index >= 15 is 0 Å². The number of rotatable bonds is 6. The predicted molar refractivity (Wildman–Crippen MR) is 97.1 cm³/mol. The molecule has 0 radical (unpaired) electrons. The Hall–Kier alpha value is -2.09. The van der Waals surface area contributed by atoms with E-state index in [0.717, 1.165) is 5.56 Å². The highest BCUT2D eigenvalue weighted by atomic mass is 32.2. The molecule has 2 N–H and O–H groups in total. The second-order valence-electron chi connectivity index (χ2n) is 6.75. The molecule has 0 bridgehead atoms. The van der Waals surface area contributed by atoms with Crippen LogP contribution < -0.4 is 5.84 Å². The summed E-state index contributed by atoms with van der Waals surface area (Å²) >= 11 is 1.25. The molecule has 0 aliphatic heterocycles. The van der Waals surface area contributed by atoms with Crippen molar-refractivity contribution in [2.45, 2.75) is 44.8 Å². The van der Waals surface area contributed by atoms with E-state index in [4.69, 9.17) is 5.84 Å². The van der Waals surface area contributed by atoms with Crippen LogP contribution in [-0.2, 0) is 16.8 Å². The molecule has 0 unspecified atom stereocenters. The molecule has 0 aliphatic carbocycles. The van der Waals surface area contributed by atoms with Crippen molar-refractivity contribution in [1.82, 2.24) is 19.8 Å². The fourth-order valence-electron chi connectivity index (χ4n) is 2.34. The van der Waals surface area contributed by atoms with Crippen molar-refractivity contribution in [3.05, 3.63) is 41.5 Å². The van der Waals surface area contributed by atoms with E-state index in [9.17, 15) is 9.18 Å². The number of aromatic nitrogens is 3. The molecule has 0 saturated carbocycles. The van der Waals surface area contributed by atoms with Crippen molar-refractivity contribution >= 4 is 17.7 Å². The smallest absolute Gasteiger partial charge is 0.233 e. The van der Waals surface area contributed by atoms with Gasteiger partial charge >= 0.3 is 0 Å². The van der Waals surface area contributed by atoms with Gasteiger partial charge in [0.2, 0.25) is 11.1 Å². The number of hydrogen-bond donors (Lipinski definition) is 1. The molecule has 136 valence electrons. The first kappa shape index (κ1) is 19.2. The summed E-state index contributed by atoms with van der Waals surface area (Å²) in [4.78, 5) is 14.1. The lowest BCUT2D eigenvalue weighted by Crippen LogP contribution is -2.32. The SMILES string of the molecule is CCN(Cc1cccc(F)c1)C(=O)CSc1nnc(C(C)(C)C)n1N. The molecule has 0 spiro atoms. The van der Waals surface area contributed by atoms with Crippen LogP contribution in [0, 0.1) is 5.82 Å². The van der Waals surface area contributed by atoms with Crippen molar-refractivity contribution in [2.24, 2.45) is 0 Å². The number of amides is 1. The quantitative estimate of drug-likeness (QED) is 0.629. The Bertz CT molecular complexity index is 741. The Morgan fingerprint density at radius 3 is 2.64 bits per heavy atom. The van der Waals surface area contributed by atoms with Gasteiger partial charge in [-0.1, -0.05) is 44.7 Å². The third-order valence-corrected chi connectivity index (χ3v) is 4.58. The Labute approximate surface area is 151 Å². The van der Waals surface area contributed by atoms with Crippen LogP contribution in [0.1, 0.15) is 39.1 Å². The summed E-state index contributed by atoms with van der Waals surface area (Å²) in [5, 5.41) is 8.67. The number of carbonyl (C=O) groups is 1. The lowest BCUT2D eigenvalue weighted by Gasteiger charge is -2.21. The van der Waals surface area contributed by atoms with E-state index in [-0.39, 0.29) is 22.9 Å². The molecule has 1 heterocycles. The van der Waals surface area contributed by atoms with E-state index in [0.29, 0.717) is 24.1 Å². The van der Waals surface area contributed by atoms with Crippen LogP contribution in [0.5, 0.6) is 0 Å². The molecule has 8 heteroatoms. The van der Waals surface area contributed by atoms with Gasteiger partial charge < -0.3 is 10.7 Å².